The van der Waals surface area contributed by atoms with E-state index in [2.05, 4.69) is 20.3 Å². The van der Waals surface area contributed by atoms with Crippen molar-refractivity contribution in [3.8, 4) is 11.5 Å². The van der Waals surface area contributed by atoms with Gasteiger partial charge in [-0.3, -0.25) is 10.1 Å². The van der Waals surface area contributed by atoms with Crippen molar-refractivity contribution in [2.75, 3.05) is 20.3 Å². The van der Waals surface area contributed by atoms with Crippen molar-refractivity contribution in [3.63, 3.8) is 0 Å². The quantitative estimate of drug-likeness (QED) is 0.263. The number of amides is 1. The molecule has 0 bridgehead atoms. The van der Waals surface area contributed by atoms with Crippen molar-refractivity contribution in [1.82, 2.24) is 5.32 Å². The minimum atomic E-state index is -0.791. The van der Waals surface area contributed by atoms with Crippen LogP contribution in [0.5, 0.6) is 11.5 Å². The molecule has 10 nitrogen and oxygen atoms in total. The Kier molecular flexibility index (Phi) is 9.07. The summed E-state index contributed by atoms with van der Waals surface area (Å²) in [6.07, 6.45) is 1.75. The Labute approximate surface area is 183 Å². The van der Waals surface area contributed by atoms with E-state index in [-0.39, 0.29) is 16.7 Å². The van der Waals surface area contributed by atoms with E-state index in [0.717, 1.165) is 17.8 Å². The summed E-state index contributed by atoms with van der Waals surface area (Å²) in [6, 6.07) is 5.05. The Morgan fingerprint density at radius 1 is 1.23 bits per heavy atom. The first kappa shape index (κ1) is 23.9. The molecule has 1 unspecified atom stereocenters. The molecule has 2 rings (SSSR count). The fourth-order valence-electron chi connectivity index (χ4n) is 2.26. The summed E-state index contributed by atoms with van der Waals surface area (Å²) < 4.78 is 20.7. The standard InChI is InChI=1S/C20H23N3O7S/c1-5-28-15-9-13(7-8-14(15)30-12(3)19(26)29-6-2)11-21-23-20-22-18(25)16(31-20)10-17(24)27-4/h7-12H,5-6H2,1-4H3,(H,22,23,25)/b16-10+,21-11?. The molecule has 1 aromatic carbocycles. The zero-order valence-corrected chi connectivity index (χ0v) is 18.4. The molecule has 1 aliphatic heterocycles. The van der Waals surface area contributed by atoms with E-state index in [1.165, 1.54) is 13.3 Å². The van der Waals surface area contributed by atoms with Crippen LogP contribution in [-0.2, 0) is 23.9 Å². The van der Waals surface area contributed by atoms with Crippen molar-refractivity contribution >= 4 is 41.0 Å². The fourth-order valence-corrected chi connectivity index (χ4v) is 3.00. The molecule has 1 aliphatic rings. The summed E-state index contributed by atoms with van der Waals surface area (Å²) in [7, 11) is 1.22. The highest BCUT2D eigenvalue weighted by molar-refractivity contribution is 8.18. The topological polar surface area (TPSA) is 125 Å². The van der Waals surface area contributed by atoms with Crippen molar-refractivity contribution in [2.24, 2.45) is 10.2 Å². The van der Waals surface area contributed by atoms with Gasteiger partial charge in [-0.05, 0) is 56.3 Å². The molecule has 0 aromatic heterocycles. The second-order valence-electron chi connectivity index (χ2n) is 5.89. The van der Waals surface area contributed by atoms with Crippen LogP contribution >= 0.6 is 11.8 Å². The molecule has 0 spiro atoms. The van der Waals surface area contributed by atoms with Gasteiger partial charge in [-0.1, -0.05) is 0 Å². The zero-order valence-electron chi connectivity index (χ0n) is 17.5. The minimum absolute atomic E-state index is 0.164. The van der Waals surface area contributed by atoms with Crippen LogP contribution in [0, 0.1) is 0 Å². The number of hydrogen-bond donors (Lipinski definition) is 1. The van der Waals surface area contributed by atoms with E-state index in [1.54, 1.807) is 32.0 Å². The number of hydrogen-bond acceptors (Lipinski definition) is 10. The van der Waals surface area contributed by atoms with Crippen LogP contribution in [0.3, 0.4) is 0 Å². The van der Waals surface area contributed by atoms with E-state index in [9.17, 15) is 14.4 Å². The van der Waals surface area contributed by atoms with Crippen LogP contribution in [-0.4, -0.2) is 55.7 Å². The number of carbonyl (C=O) groups is 3. The number of carbonyl (C=O) groups excluding carboxylic acids is 3. The zero-order chi connectivity index (χ0) is 22.8. The van der Waals surface area contributed by atoms with Crippen LogP contribution in [0.1, 0.15) is 26.3 Å². The fraction of sp³-hybridized carbons (Fsp3) is 0.350. The van der Waals surface area contributed by atoms with Gasteiger partial charge in [0.05, 0.1) is 31.4 Å². The number of ether oxygens (including phenoxy) is 4. The average molecular weight is 449 g/mol. The molecule has 1 amide bonds. The predicted octanol–water partition coefficient (Wildman–Crippen LogP) is 2.03. The number of rotatable bonds is 9. The Balaban J connectivity index is 2.10. The maximum Gasteiger partial charge on any atom is 0.347 e. The Hall–Kier alpha value is -3.34. The van der Waals surface area contributed by atoms with Gasteiger partial charge in [0.25, 0.3) is 5.91 Å². The van der Waals surface area contributed by atoms with Gasteiger partial charge in [0.15, 0.2) is 22.8 Å². The second-order valence-corrected chi connectivity index (χ2v) is 6.92. The van der Waals surface area contributed by atoms with Gasteiger partial charge in [0.1, 0.15) is 0 Å². The van der Waals surface area contributed by atoms with Crippen LogP contribution in [0.2, 0.25) is 0 Å². The highest BCUT2D eigenvalue weighted by Crippen LogP contribution is 2.29. The summed E-state index contributed by atoms with van der Waals surface area (Å²) >= 11 is 0.972. The maximum atomic E-state index is 11.8. The van der Waals surface area contributed by atoms with Crippen LogP contribution < -0.4 is 14.8 Å². The van der Waals surface area contributed by atoms with Gasteiger partial charge in [0, 0.05) is 6.08 Å². The number of amidine groups is 1. The lowest BCUT2D eigenvalue weighted by molar-refractivity contribution is -0.150. The molecule has 0 saturated carbocycles. The van der Waals surface area contributed by atoms with Crippen LogP contribution in [0.15, 0.2) is 39.4 Å². The monoisotopic (exact) mass is 449 g/mol. The molecule has 11 heteroatoms. The molecular formula is C20H23N3O7S. The number of methoxy groups -OCH3 is 1. The van der Waals surface area contributed by atoms with Gasteiger partial charge in [-0.15, -0.1) is 5.10 Å². The smallest absolute Gasteiger partial charge is 0.347 e. The van der Waals surface area contributed by atoms with Gasteiger partial charge in [0.2, 0.25) is 0 Å². The lowest BCUT2D eigenvalue weighted by atomic mass is 10.2. The first-order valence-corrected chi connectivity index (χ1v) is 10.2. The van der Waals surface area contributed by atoms with Gasteiger partial charge in [-0.2, -0.15) is 5.10 Å². The highest BCUT2D eigenvalue weighted by Gasteiger charge is 2.25. The lowest BCUT2D eigenvalue weighted by Crippen LogP contribution is -2.26. The molecule has 1 atom stereocenters. The van der Waals surface area contributed by atoms with E-state index in [4.69, 9.17) is 14.2 Å². The third-order valence-electron chi connectivity index (χ3n) is 3.65. The Morgan fingerprint density at radius 3 is 2.68 bits per heavy atom. The molecule has 1 heterocycles. The number of thioether (sulfide) groups is 1. The van der Waals surface area contributed by atoms with E-state index in [0.29, 0.717) is 23.7 Å². The Morgan fingerprint density at radius 2 is 2.00 bits per heavy atom. The van der Waals surface area contributed by atoms with Crippen molar-refractivity contribution in [1.29, 1.82) is 0 Å². The molecule has 166 valence electrons. The van der Waals surface area contributed by atoms with Crippen molar-refractivity contribution in [2.45, 2.75) is 26.9 Å². The predicted molar refractivity (Wildman–Crippen MR) is 115 cm³/mol. The molecule has 0 aliphatic carbocycles. The molecule has 31 heavy (non-hydrogen) atoms. The molecular weight excluding hydrogens is 426 g/mol. The molecule has 0 radical (unpaired) electrons. The van der Waals surface area contributed by atoms with Gasteiger partial charge in [-0.25, -0.2) is 9.59 Å². The maximum absolute atomic E-state index is 11.8. The third kappa shape index (κ3) is 7.14. The first-order chi connectivity index (χ1) is 14.9. The summed E-state index contributed by atoms with van der Waals surface area (Å²) in [4.78, 5) is 35.0. The minimum Gasteiger partial charge on any atom is -0.490 e. The van der Waals surface area contributed by atoms with E-state index in [1.807, 2.05) is 6.92 Å². The molecule has 1 aromatic rings. The normalized spacial score (nSPS) is 17.0. The van der Waals surface area contributed by atoms with Crippen LogP contribution in [0.25, 0.3) is 0 Å². The number of nitrogens with zero attached hydrogens (tertiary/aromatic N) is 2. The largest absolute Gasteiger partial charge is 0.490 e. The number of esters is 2. The van der Waals surface area contributed by atoms with Crippen molar-refractivity contribution in [3.05, 3.63) is 34.7 Å². The van der Waals surface area contributed by atoms with Crippen LogP contribution in [0.4, 0.5) is 0 Å². The first-order valence-electron chi connectivity index (χ1n) is 9.37. The van der Waals surface area contributed by atoms with E-state index >= 15 is 0 Å². The number of nitrogens with one attached hydrogen (secondary N) is 1. The Bertz CT molecular complexity index is 927. The molecule has 1 N–H and O–H groups in total. The summed E-state index contributed by atoms with van der Waals surface area (Å²) in [5.41, 5.74) is 0.656. The number of benzene rings is 1. The summed E-state index contributed by atoms with van der Waals surface area (Å²) in [5, 5.41) is 10.6. The highest BCUT2D eigenvalue weighted by atomic mass is 32.2. The van der Waals surface area contributed by atoms with Gasteiger partial charge < -0.3 is 18.9 Å². The average Bonchev–Trinajstić information content (AvgIpc) is 3.08. The SMILES string of the molecule is CCOC(=O)C(C)Oc1ccc(C=N/N=C2/NC(=O)/C(=C\C(=O)OC)S2)cc1OCC. The molecule has 1 fully saturated rings. The van der Waals surface area contributed by atoms with E-state index < -0.39 is 23.9 Å². The third-order valence-corrected chi connectivity index (χ3v) is 4.55. The molecule has 1 saturated heterocycles. The summed E-state index contributed by atoms with van der Waals surface area (Å²) in [6.45, 7) is 5.80. The second kappa shape index (κ2) is 11.7. The summed E-state index contributed by atoms with van der Waals surface area (Å²) in [5.74, 6) is -0.738. The lowest BCUT2D eigenvalue weighted by Gasteiger charge is -2.16. The van der Waals surface area contributed by atoms with Crippen molar-refractivity contribution < 1.29 is 33.3 Å². The van der Waals surface area contributed by atoms with Gasteiger partial charge >= 0.3 is 11.9 Å².